The van der Waals surface area contributed by atoms with E-state index in [2.05, 4.69) is 10.4 Å². The van der Waals surface area contributed by atoms with Gasteiger partial charge in [-0.1, -0.05) is 47.5 Å². The van der Waals surface area contributed by atoms with Crippen molar-refractivity contribution in [3.8, 4) is 5.69 Å². The molecule has 0 spiro atoms. The number of carbonyl (C=O) groups is 1. The summed E-state index contributed by atoms with van der Waals surface area (Å²) in [6.45, 7) is 0.130. The second kappa shape index (κ2) is 8.24. The molecule has 0 saturated carbocycles. The number of alkyl halides is 3. The molecular weight excluding hydrogens is 414 g/mol. The standard InChI is InChI=1S/C19H14Cl2F3N3O/c20-15-7-6-12(10-16(15)21)8-9-25-18(28)14-11-26-27(17(14)19(22,23)24)13-4-2-1-3-5-13/h1-7,10-11H,8-9H2,(H,25,28). The lowest BCUT2D eigenvalue weighted by Gasteiger charge is -2.13. The molecule has 0 radical (unpaired) electrons. The van der Waals surface area contributed by atoms with Gasteiger partial charge in [0.25, 0.3) is 5.91 Å². The highest BCUT2D eigenvalue weighted by atomic mass is 35.5. The number of carbonyl (C=O) groups excluding carboxylic acids is 1. The molecule has 9 heteroatoms. The molecule has 28 heavy (non-hydrogen) atoms. The predicted molar refractivity (Wildman–Crippen MR) is 101 cm³/mol. The number of para-hydroxylation sites is 1. The summed E-state index contributed by atoms with van der Waals surface area (Å²) in [5.74, 6) is -0.852. The number of hydrogen-bond acceptors (Lipinski definition) is 2. The Kier molecular flexibility index (Phi) is 5.96. The fourth-order valence-corrected chi connectivity index (χ4v) is 2.98. The zero-order chi connectivity index (χ0) is 20.3. The summed E-state index contributed by atoms with van der Waals surface area (Å²) in [7, 11) is 0. The van der Waals surface area contributed by atoms with E-state index < -0.39 is 23.3 Å². The average Bonchev–Trinajstić information content (AvgIpc) is 3.11. The van der Waals surface area contributed by atoms with Crippen LogP contribution in [0.4, 0.5) is 13.2 Å². The predicted octanol–water partition coefficient (Wildman–Crippen LogP) is 5.17. The van der Waals surface area contributed by atoms with Crippen molar-refractivity contribution in [1.82, 2.24) is 15.1 Å². The quantitative estimate of drug-likeness (QED) is 0.610. The Balaban J connectivity index is 1.78. The van der Waals surface area contributed by atoms with Crippen molar-refractivity contribution >= 4 is 29.1 Å². The first-order valence-electron chi connectivity index (χ1n) is 8.20. The second-order valence-corrected chi connectivity index (χ2v) is 6.72. The first-order chi connectivity index (χ1) is 13.3. The van der Waals surface area contributed by atoms with Crippen LogP contribution in [-0.2, 0) is 12.6 Å². The van der Waals surface area contributed by atoms with Gasteiger partial charge in [-0.25, -0.2) is 4.68 Å². The lowest BCUT2D eigenvalue weighted by molar-refractivity contribution is -0.143. The molecule has 0 unspecified atom stereocenters. The monoisotopic (exact) mass is 427 g/mol. The minimum Gasteiger partial charge on any atom is -0.352 e. The maximum Gasteiger partial charge on any atom is 0.434 e. The van der Waals surface area contributed by atoms with Gasteiger partial charge in [-0.15, -0.1) is 0 Å². The van der Waals surface area contributed by atoms with Crippen LogP contribution in [0.15, 0.2) is 54.7 Å². The molecule has 1 amide bonds. The van der Waals surface area contributed by atoms with E-state index in [0.717, 1.165) is 11.8 Å². The summed E-state index contributed by atoms with van der Waals surface area (Å²) in [5.41, 5.74) is -0.647. The van der Waals surface area contributed by atoms with Crippen LogP contribution < -0.4 is 5.32 Å². The van der Waals surface area contributed by atoms with Gasteiger partial charge in [0, 0.05) is 6.54 Å². The van der Waals surface area contributed by atoms with Crippen molar-refractivity contribution in [2.75, 3.05) is 6.54 Å². The van der Waals surface area contributed by atoms with Crippen LogP contribution in [0.2, 0.25) is 10.0 Å². The fourth-order valence-electron chi connectivity index (χ4n) is 2.66. The lowest BCUT2D eigenvalue weighted by atomic mass is 10.1. The van der Waals surface area contributed by atoms with Gasteiger partial charge in [-0.2, -0.15) is 18.3 Å². The molecule has 0 aliphatic heterocycles. The Morgan fingerprint density at radius 2 is 1.79 bits per heavy atom. The van der Waals surface area contributed by atoms with E-state index >= 15 is 0 Å². The highest BCUT2D eigenvalue weighted by molar-refractivity contribution is 6.42. The van der Waals surface area contributed by atoms with Gasteiger partial charge >= 0.3 is 6.18 Å². The second-order valence-electron chi connectivity index (χ2n) is 5.91. The Hall–Kier alpha value is -2.51. The van der Waals surface area contributed by atoms with Gasteiger partial charge in [-0.05, 0) is 36.2 Å². The summed E-state index contributed by atoms with van der Waals surface area (Å²) < 4.78 is 41.5. The first-order valence-corrected chi connectivity index (χ1v) is 8.95. The van der Waals surface area contributed by atoms with Crippen LogP contribution >= 0.6 is 23.2 Å². The third-order valence-corrected chi connectivity index (χ3v) is 4.71. The molecule has 0 aliphatic rings. The van der Waals surface area contributed by atoms with Crippen molar-refractivity contribution in [1.29, 1.82) is 0 Å². The Labute approximate surface area is 168 Å². The number of nitrogens with one attached hydrogen (secondary N) is 1. The smallest absolute Gasteiger partial charge is 0.352 e. The van der Waals surface area contributed by atoms with Crippen LogP contribution in [0.3, 0.4) is 0 Å². The van der Waals surface area contributed by atoms with Crippen LogP contribution in [0.5, 0.6) is 0 Å². The number of nitrogens with zero attached hydrogens (tertiary/aromatic N) is 2. The number of hydrogen-bond donors (Lipinski definition) is 1. The van der Waals surface area contributed by atoms with Gasteiger partial charge in [0.1, 0.15) is 0 Å². The van der Waals surface area contributed by atoms with E-state index in [-0.39, 0.29) is 12.2 Å². The Morgan fingerprint density at radius 1 is 1.07 bits per heavy atom. The SMILES string of the molecule is O=C(NCCc1ccc(Cl)c(Cl)c1)c1cnn(-c2ccccc2)c1C(F)(F)F. The highest BCUT2D eigenvalue weighted by Gasteiger charge is 2.40. The molecule has 1 heterocycles. The van der Waals surface area contributed by atoms with E-state index in [9.17, 15) is 18.0 Å². The van der Waals surface area contributed by atoms with Crippen molar-refractivity contribution in [2.45, 2.75) is 12.6 Å². The topological polar surface area (TPSA) is 46.9 Å². The number of amides is 1. The van der Waals surface area contributed by atoms with Gasteiger partial charge in [0.15, 0.2) is 5.69 Å². The molecule has 0 fully saturated rings. The lowest BCUT2D eigenvalue weighted by Crippen LogP contribution is -2.28. The van der Waals surface area contributed by atoms with Gasteiger partial charge < -0.3 is 5.32 Å². The molecule has 0 bridgehead atoms. The largest absolute Gasteiger partial charge is 0.434 e. The van der Waals surface area contributed by atoms with Crippen molar-refractivity contribution < 1.29 is 18.0 Å². The minimum atomic E-state index is -4.75. The van der Waals surface area contributed by atoms with E-state index in [4.69, 9.17) is 23.2 Å². The fraction of sp³-hybridized carbons (Fsp3) is 0.158. The van der Waals surface area contributed by atoms with Crippen molar-refractivity contribution in [2.24, 2.45) is 0 Å². The molecular formula is C19H14Cl2F3N3O. The number of benzene rings is 2. The molecule has 3 aromatic rings. The minimum absolute atomic E-state index is 0.130. The zero-order valence-corrected chi connectivity index (χ0v) is 15.8. The highest BCUT2D eigenvalue weighted by Crippen LogP contribution is 2.33. The summed E-state index contributed by atoms with van der Waals surface area (Å²) in [5, 5.41) is 7.03. The summed E-state index contributed by atoms with van der Waals surface area (Å²) >= 11 is 11.8. The maximum atomic E-state index is 13.6. The van der Waals surface area contributed by atoms with E-state index in [0.29, 0.717) is 21.1 Å². The maximum absolute atomic E-state index is 13.6. The molecule has 3 rings (SSSR count). The van der Waals surface area contributed by atoms with Crippen LogP contribution in [-0.4, -0.2) is 22.2 Å². The molecule has 0 saturated heterocycles. The van der Waals surface area contributed by atoms with E-state index in [1.165, 1.54) is 12.1 Å². The van der Waals surface area contributed by atoms with Gasteiger partial charge in [0.2, 0.25) is 0 Å². The molecule has 1 aromatic heterocycles. The van der Waals surface area contributed by atoms with Crippen LogP contribution in [0.25, 0.3) is 5.69 Å². The third-order valence-electron chi connectivity index (χ3n) is 3.97. The molecule has 1 N–H and O–H groups in total. The molecule has 0 aliphatic carbocycles. The van der Waals surface area contributed by atoms with Crippen molar-refractivity contribution in [3.63, 3.8) is 0 Å². The third kappa shape index (κ3) is 4.48. The van der Waals surface area contributed by atoms with Gasteiger partial charge in [-0.3, -0.25) is 4.79 Å². The molecule has 0 atom stereocenters. The summed E-state index contributed by atoms with van der Waals surface area (Å²) in [4.78, 5) is 12.4. The number of rotatable bonds is 5. The Morgan fingerprint density at radius 3 is 2.43 bits per heavy atom. The van der Waals surface area contributed by atoms with Crippen LogP contribution in [0.1, 0.15) is 21.6 Å². The molecule has 146 valence electrons. The molecule has 2 aromatic carbocycles. The summed E-state index contributed by atoms with van der Waals surface area (Å²) in [6, 6.07) is 12.8. The van der Waals surface area contributed by atoms with Gasteiger partial charge in [0.05, 0.1) is 27.5 Å². The van der Waals surface area contributed by atoms with E-state index in [1.54, 1.807) is 36.4 Å². The first kappa shape index (κ1) is 20.2. The molecule has 4 nitrogen and oxygen atoms in total. The summed E-state index contributed by atoms with van der Waals surface area (Å²) in [6.07, 6.45) is -3.44. The normalized spacial score (nSPS) is 11.5. The van der Waals surface area contributed by atoms with E-state index in [1.807, 2.05) is 0 Å². The zero-order valence-electron chi connectivity index (χ0n) is 14.3. The van der Waals surface area contributed by atoms with Crippen LogP contribution in [0, 0.1) is 0 Å². The average molecular weight is 428 g/mol. The van der Waals surface area contributed by atoms with Crippen molar-refractivity contribution in [3.05, 3.63) is 81.6 Å². The number of aromatic nitrogens is 2. The number of halogens is 5. The Bertz CT molecular complexity index is 988.